The molecule has 0 aliphatic heterocycles. The van der Waals surface area contributed by atoms with Crippen LogP contribution in [0, 0.1) is 0 Å². The number of hydrogen-bond acceptors (Lipinski definition) is 4. The monoisotopic (exact) mass is 220 g/mol. The first kappa shape index (κ1) is 12.8. The Labute approximate surface area is 96.3 Å². The molecule has 4 heteroatoms. The van der Waals surface area contributed by atoms with Gasteiger partial charge in [-0.2, -0.15) is 0 Å². The quantitative estimate of drug-likeness (QED) is 0.635. The maximum atomic E-state index is 10.1. The second kappa shape index (κ2) is 7.96. The van der Waals surface area contributed by atoms with E-state index in [-0.39, 0.29) is 0 Å². The summed E-state index contributed by atoms with van der Waals surface area (Å²) >= 11 is 0. The number of carbonyl (C=O) groups excluding carboxylic acids is 1. The van der Waals surface area contributed by atoms with Crippen molar-refractivity contribution >= 4 is 6.29 Å². The van der Waals surface area contributed by atoms with E-state index in [2.05, 4.69) is 10.3 Å². The summed E-state index contributed by atoms with van der Waals surface area (Å²) in [6.07, 6.45) is 8.10. The Morgan fingerprint density at radius 3 is 3.06 bits per heavy atom. The van der Waals surface area contributed by atoms with Crippen molar-refractivity contribution in [3.63, 3.8) is 0 Å². The van der Waals surface area contributed by atoms with E-state index in [1.807, 2.05) is 18.3 Å². The van der Waals surface area contributed by atoms with Crippen molar-refractivity contribution in [3.8, 4) is 0 Å². The summed E-state index contributed by atoms with van der Waals surface area (Å²) in [5.41, 5.74) is 6.61. The van der Waals surface area contributed by atoms with E-state index in [9.17, 15) is 4.79 Å². The fourth-order valence-corrected chi connectivity index (χ4v) is 1.41. The highest BCUT2D eigenvalue weighted by molar-refractivity contribution is 5.57. The predicted octanol–water partition coefficient (Wildman–Crippen LogP) is 0.778. The van der Waals surface area contributed by atoms with Crippen LogP contribution in [0.3, 0.4) is 0 Å². The van der Waals surface area contributed by atoms with Gasteiger partial charge < -0.3 is 11.1 Å². The summed E-state index contributed by atoms with van der Waals surface area (Å²) in [6.45, 7) is 1.76. The van der Waals surface area contributed by atoms with Crippen LogP contribution in [0.5, 0.6) is 0 Å². The molecule has 1 rings (SSSR count). The van der Waals surface area contributed by atoms with Crippen molar-refractivity contribution in [3.05, 3.63) is 30.1 Å². The average molecular weight is 220 g/mol. The van der Waals surface area contributed by atoms with Gasteiger partial charge in [-0.15, -0.1) is 0 Å². The summed E-state index contributed by atoms with van der Waals surface area (Å²) < 4.78 is 0. The fourth-order valence-electron chi connectivity index (χ4n) is 1.41. The Bertz CT molecular complexity index is 290. The van der Waals surface area contributed by atoms with Crippen molar-refractivity contribution in [1.29, 1.82) is 0 Å². The number of hydrogen-bond donors (Lipinski definition) is 2. The minimum atomic E-state index is -0.418. The molecule has 4 nitrogen and oxygen atoms in total. The van der Waals surface area contributed by atoms with Crippen LogP contribution in [0.1, 0.15) is 24.8 Å². The summed E-state index contributed by atoms with van der Waals surface area (Å²) in [5.74, 6) is 0. The van der Waals surface area contributed by atoms with Gasteiger partial charge in [-0.3, -0.25) is 9.78 Å². The number of unbranched alkanes of at least 4 members (excludes halogenated alkanes) is 1. The van der Waals surface area contributed by atoms with Crippen molar-refractivity contribution < 1.29 is 4.79 Å². The minimum Gasteiger partial charge on any atom is -0.321 e. The van der Waals surface area contributed by atoms with Crippen LogP contribution in [0.25, 0.3) is 0 Å². The van der Waals surface area contributed by atoms with Gasteiger partial charge in [-0.05, 0) is 31.0 Å². The van der Waals surface area contributed by atoms with Crippen LogP contribution in [0.4, 0.5) is 0 Å². The molecule has 1 aromatic rings. The molecule has 0 spiro atoms. The molecule has 16 heavy (non-hydrogen) atoms. The number of nitrogens with two attached hydrogens (primary N) is 1. The van der Waals surface area contributed by atoms with Crippen molar-refractivity contribution in [1.82, 2.24) is 10.3 Å². The van der Waals surface area contributed by atoms with Crippen LogP contribution >= 0.6 is 0 Å². The number of nitrogens with zero attached hydrogens (tertiary/aromatic N) is 1. The van der Waals surface area contributed by atoms with E-state index < -0.39 is 6.04 Å². The van der Waals surface area contributed by atoms with E-state index >= 15 is 0 Å². The Morgan fingerprint density at radius 1 is 1.50 bits per heavy atom. The van der Waals surface area contributed by atoms with Crippen LogP contribution < -0.4 is 11.1 Å². The average Bonchev–Trinajstić information content (AvgIpc) is 2.34. The van der Waals surface area contributed by atoms with Gasteiger partial charge in [0, 0.05) is 18.9 Å². The maximum Gasteiger partial charge on any atom is 0.216 e. The lowest BCUT2D eigenvalue weighted by Crippen LogP contribution is -2.21. The molecule has 0 fully saturated rings. The van der Waals surface area contributed by atoms with Crippen LogP contribution in [-0.2, 0) is 11.3 Å². The summed E-state index contributed by atoms with van der Waals surface area (Å²) in [7, 11) is 0. The third-order valence-corrected chi connectivity index (χ3v) is 2.32. The number of pyridine rings is 1. The van der Waals surface area contributed by atoms with Gasteiger partial charge in [0.15, 0.2) is 0 Å². The molecule has 0 bridgehead atoms. The second-order valence-corrected chi connectivity index (χ2v) is 3.76. The van der Waals surface area contributed by atoms with Gasteiger partial charge in [0.05, 0.1) is 6.04 Å². The highest BCUT2D eigenvalue weighted by Crippen LogP contribution is 1.98. The summed E-state index contributed by atoms with van der Waals surface area (Å²) in [6, 6.07) is 3.55. The first-order valence-corrected chi connectivity index (χ1v) is 5.56. The fraction of sp³-hybridized carbons (Fsp3) is 0.500. The Kier molecular flexibility index (Phi) is 6.37. The van der Waals surface area contributed by atoms with E-state index in [0.717, 1.165) is 32.4 Å². The molecule has 0 saturated heterocycles. The molecule has 1 atom stereocenters. The molecule has 1 radical (unpaired) electrons. The molecule has 0 saturated carbocycles. The largest absolute Gasteiger partial charge is 0.321 e. The summed E-state index contributed by atoms with van der Waals surface area (Å²) in [4.78, 5) is 14.2. The van der Waals surface area contributed by atoms with Crippen molar-refractivity contribution in [2.75, 3.05) is 6.54 Å². The molecular weight excluding hydrogens is 202 g/mol. The third-order valence-electron chi connectivity index (χ3n) is 2.32. The molecule has 0 unspecified atom stereocenters. The molecule has 1 heterocycles. The van der Waals surface area contributed by atoms with E-state index in [1.165, 1.54) is 5.56 Å². The Balaban J connectivity index is 1.98. The third kappa shape index (κ3) is 5.58. The molecular formula is C12H18N3O. The minimum absolute atomic E-state index is 0.418. The molecule has 1 aromatic heterocycles. The zero-order valence-corrected chi connectivity index (χ0v) is 9.36. The molecule has 3 N–H and O–H groups in total. The lowest BCUT2D eigenvalue weighted by atomic mass is 10.1. The van der Waals surface area contributed by atoms with Gasteiger partial charge >= 0.3 is 0 Å². The molecule has 87 valence electrons. The standard InChI is InChI=1S/C12H18N3O/c13-12(10-16)5-1-2-6-14-8-11-4-3-7-15-9-11/h3-4,7,9,12,14H,1-2,5-6,8,13H2/t12-/m1/s1. The molecule has 0 aliphatic carbocycles. The zero-order valence-electron chi connectivity index (χ0n) is 9.36. The smallest absolute Gasteiger partial charge is 0.216 e. The lowest BCUT2D eigenvalue weighted by molar-refractivity contribution is 0.524. The topological polar surface area (TPSA) is 68.0 Å². The first-order chi connectivity index (χ1) is 7.83. The first-order valence-electron chi connectivity index (χ1n) is 5.56. The predicted molar refractivity (Wildman–Crippen MR) is 63.5 cm³/mol. The Hall–Kier alpha value is -1.26. The van der Waals surface area contributed by atoms with E-state index in [1.54, 1.807) is 12.5 Å². The van der Waals surface area contributed by atoms with Gasteiger partial charge in [0.1, 0.15) is 0 Å². The normalized spacial score (nSPS) is 12.3. The van der Waals surface area contributed by atoms with Gasteiger partial charge in [0.25, 0.3) is 0 Å². The van der Waals surface area contributed by atoms with Gasteiger partial charge in [-0.1, -0.05) is 12.5 Å². The van der Waals surface area contributed by atoms with Crippen LogP contribution in [0.2, 0.25) is 0 Å². The number of aromatic nitrogens is 1. The SMILES string of the molecule is N[C@@H]([C]=O)CCCCNCc1cccnc1. The highest BCUT2D eigenvalue weighted by Gasteiger charge is 1.99. The zero-order chi connectivity index (χ0) is 11.6. The summed E-state index contributed by atoms with van der Waals surface area (Å²) in [5, 5.41) is 3.31. The number of rotatable bonds is 8. The van der Waals surface area contributed by atoms with E-state index in [4.69, 9.17) is 5.73 Å². The van der Waals surface area contributed by atoms with Crippen molar-refractivity contribution in [2.24, 2.45) is 5.73 Å². The van der Waals surface area contributed by atoms with Crippen LogP contribution in [0.15, 0.2) is 24.5 Å². The maximum absolute atomic E-state index is 10.1. The molecule has 0 amide bonds. The highest BCUT2D eigenvalue weighted by atomic mass is 16.1. The van der Waals surface area contributed by atoms with Gasteiger partial charge in [-0.25, -0.2) is 0 Å². The van der Waals surface area contributed by atoms with Crippen LogP contribution in [-0.4, -0.2) is 23.9 Å². The van der Waals surface area contributed by atoms with Gasteiger partial charge in [0.2, 0.25) is 6.29 Å². The lowest BCUT2D eigenvalue weighted by Gasteiger charge is -2.05. The van der Waals surface area contributed by atoms with Crippen molar-refractivity contribution in [2.45, 2.75) is 31.8 Å². The Morgan fingerprint density at radius 2 is 2.38 bits per heavy atom. The molecule has 0 aliphatic rings. The molecule has 0 aromatic carbocycles. The second-order valence-electron chi connectivity index (χ2n) is 3.76. The van der Waals surface area contributed by atoms with E-state index in [0.29, 0.717) is 0 Å². The number of nitrogens with one attached hydrogen (secondary N) is 1.